The Morgan fingerprint density at radius 3 is 0.662 bits per heavy atom. The van der Waals surface area contributed by atoms with E-state index in [0.29, 0.717) is 60.4 Å². The van der Waals surface area contributed by atoms with E-state index in [4.69, 9.17) is 0 Å². The normalized spacial score (nSPS) is 12.2. The van der Waals surface area contributed by atoms with Crippen molar-refractivity contribution < 1.29 is 18.9 Å². The van der Waals surface area contributed by atoms with E-state index in [0.717, 1.165) is 58.2 Å². The van der Waals surface area contributed by atoms with Crippen LogP contribution in [0.25, 0.3) is 0 Å². The topological polar surface area (TPSA) is 51.2 Å². The fraction of sp³-hybridized carbons (Fsp3) is 0.852. The molecule has 0 aromatic rings. The summed E-state index contributed by atoms with van der Waals surface area (Å²) in [4.78, 5) is 39.2. The molecule has 0 heterocycles. The molecule has 0 fully saturated rings. The third kappa shape index (κ3) is 49.9. The third-order valence-corrected chi connectivity index (χ3v) is 13.9. The summed E-state index contributed by atoms with van der Waals surface area (Å²) < 4.78 is 0.661. The van der Waals surface area contributed by atoms with Crippen molar-refractivity contribution in [2.45, 2.75) is 310 Å². The Bertz CT molecular complexity index is 984. The number of Topliss-reactive ketones (excluding diaryl/α,β-unsaturated/α-hetero) is 3. The van der Waals surface area contributed by atoms with Gasteiger partial charge in [-0.15, -0.1) is 0 Å². The highest BCUT2D eigenvalue weighted by molar-refractivity contribution is 5.79. The number of rotatable bonds is 54. The maximum Gasteiger partial charge on any atom is 0.138 e. The number of carbonyl (C=O) groups is 3. The van der Waals surface area contributed by atoms with Crippen molar-refractivity contribution in [1.29, 1.82) is 0 Å². The zero-order valence-electron chi connectivity index (χ0n) is 44.6. The van der Waals surface area contributed by atoms with E-state index in [1.807, 2.05) is 0 Å². The van der Waals surface area contributed by atoms with Gasteiger partial charge in [0.15, 0.2) is 0 Å². The van der Waals surface area contributed by atoms with Crippen molar-refractivity contribution in [3.8, 4) is 0 Å². The number of hydrogen-bond acceptors (Lipinski definition) is 3. The number of nitrogens with zero attached hydrogens (tertiary/aromatic N) is 1. The smallest absolute Gasteiger partial charge is 0.138 e. The van der Waals surface area contributed by atoms with Gasteiger partial charge in [-0.05, 0) is 96.3 Å². The molecule has 0 aromatic heterocycles. The summed E-state index contributed by atoms with van der Waals surface area (Å²) in [5, 5.41) is 0. The molecular formula is C61H114NO3+. The molecule has 0 rings (SSSR count). The summed E-state index contributed by atoms with van der Waals surface area (Å²) in [6.07, 6.45) is 67.3. The Morgan fingerprint density at radius 1 is 0.262 bits per heavy atom. The van der Waals surface area contributed by atoms with Crippen molar-refractivity contribution in [2.24, 2.45) is 0 Å². The molecule has 0 amide bonds. The molecule has 0 atom stereocenters. The Morgan fingerprint density at radius 2 is 0.446 bits per heavy atom. The Hall–Kier alpha value is -1.81. The first-order valence-corrected chi connectivity index (χ1v) is 29.2. The summed E-state index contributed by atoms with van der Waals surface area (Å²) in [5.74, 6) is 1.06. The largest absolute Gasteiger partial charge is 0.325 e. The fourth-order valence-corrected chi connectivity index (χ4v) is 9.07. The lowest BCUT2D eigenvalue weighted by Gasteiger charge is -2.34. The first-order chi connectivity index (χ1) is 31.9. The van der Waals surface area contributed by atoms with Crippen molar-refractivity contribution in [2.75, 3.05) is 26.7 Å². The van der Waals surface area contributed by atoms with Gasteiger partial charge in [0.2, 0.25) is 0 Å². The Labute approximate surface area is 407 Å². The molecule has 0 saturated carbocycles. The highest BCUT2D eigenvalue weighted by Gasteiger charge is 2.25. The predicted octanol–water partition coefficient (Wildman–Crippen LogP) is 19.4. The summed E-state index contributed by atoms with van der Waals surface area (Å²) >= 11 is 0. The Kier molecular flexibility index (Phi) is 50.1. The molecule has 0 aliphatic carbocycles. The zero-order valence-corrected chi connectivity index (χ0v) is 44.6. The molecule has 0 saturated heterocycles. The second-order valence-electron chi connectivity index (χ2n) is 20.7. The van der Waals surface area contributed by atoms with Gasteiger partial charge in [-0.3, -0.25) is 14.4 Å². The molecule has 0 aromatic carbocycles. The van der Waals surface area contributed by atoms with Crippen LogP contribution < -0.4 is 0 Å². The first kappa shape index (κ1) is 63.2. The number of allylic oxidation sites excluding steroid dienone is 6. The van der Waals surface area contributed by atoms with E-state index in [-0.39, 0.29) is 0 Å². The molecule has 4 heteroatoms. The lowest BCUT2D eigenvalue weighted by Crippen LogP contribution is -2.48. The molecule has 65 heavy (non-hydrogen) atoms. The lowest BCUT2D eigenvalue weighted by molar-refractivity contribution is -0.907. The van der Waals surface area contributed by atoms with Crippen molar-refractivity contribution >= 4 is 17.3 Å². The van der Waals surface area contributed by atoms with Crippen LogP contribution >= 0.6 is 0 Å². The molecule has 0 bridgehead atoms. The minimum Gasteiger partial charge on any atom is -0.325 e. The van der Waals surface area contributed by atoms with E-state index in [1.54, 1.807) is 0 Å². The number of unbranched alkanes of at least 4 members (excludes halogenated alkanes) is 33. The van der Waals surface area contributed by atoms with Crippen LogP contribution in [0.5, 0.6) is 0 Å². The van der Waals surface area contributed by atoms with Crippen LogP contribution in [0.1, 0.15) is 310 Å². The van der Waals surface area contributed by atoms with Gasteiger partial charge in [0.1, 0.15) is 17.3 Å². The number of carbonyl (C=O) groups excluding carboxylic acids is 3. The van der Waals surface area contributed by atoms with Gasteiger partial charge in [0.05, 0.1) is 45.9 Å². The molecule has 0 N–H and O–H groups in total. The molecule has 0 aliphatic heterocycles. The highest BCUT2D eigenvalue weighted by atomic mass is 16.1. The average molecular weight is 910 g/mol. The number of quaternary nitrogens is 1. The van der Waals surface area contributed by atoms with E-state index in [1.165, 1.54) is 212 Å². The van der Waals surface area contributed by atoms with Crippen LogP contribution in [0.4, 0.5) is 0 Å². The number of hydrogen-bond donors (Lipinski definition) is 0. The first-order valence-electron chi connectivity index (χ1n) is 29.2. The van der Waals surface area contributed by atoms with Crippen molar-refractivity contribution in [3.05, 3.63) is 36.5 Å². The summed E-state index contributed by atoms with van der Waals surface area (Å²) in [6, 6.07) is 0. The SMILES string of the molecule is CCCCCCCC/C=C\CCCCCCCC(=O)CC[N+](C)(CCC(=O)CCCCCCC/C=C\CCCCCCCC)CCC(=O)CCCCCCC/C=C\CCCCCCCC. The summed E-state index contributed by atoms with van der Waals surface area (Å²) in [7, 11) is 2.19. The fourth-order valence-electron chi connectivity index (χ4n) is 9.07. The van der Waals surface area contributed by atoms with Crippen LogP contribution in [-0.4, -0.2) is 48.5 Å². The standard InChI is InChI=1S/C61H114NO3/c1-5-8-11-14-17-20-23-26-29-32-35-38-41-44-47-50-59(63)53-56-62(4,57-54-60(64)51-48-45-42-39-36-33-30-27-24-21-18-15-12-9-6-2)58-55-61(65)52-49-46-43-40-37-34-31-28-25-22-19-16-13-10-7-3/h26-31H,5-25,32-58H2,1-4H3/q+1/b29-26-,30-27-,31-28-. The van der Waals surface area contributed by atoms with E-state index in [9.17, 15) is 14.4 Å². The minimum atomic E-state index is 0.353. The minimum absolute atomic E-state index is 0.353. The Balaban J connectivity index is 4.51. The van der Waals surface area contributed by atoms with Gasteiger partial charge in [0.25, 0.3) is 0 Å². The summed E-state index contributed by atoms with van der Waals surface area (Å²) in [6.45, 7) is 9.06. The van der Waals surface area contributed by atoms with Gasteiger partial charge in [-0.2, -0.15) is 0 Å². The zero-order chi connectivity index (χ0) is 47.4. The molecule has 4 nitrogen and oxygen atoms in total. The van der Waals surface area contributed by atoms with Crippen LogP contribution in [0.2, 0.25) is 0 Å². The second-order valence-corrected chi connectivity index (χ2v) is 20.7. The quantitative estimate of drug-likeness (QED) is 0.0347. The second kappa shape index (κ2) is 51.6. The average Bonchev–Trinajstić information content (AvgIpc) is 3.30. The van der Waals surface area contributed by atoms with Gasteiger partial charge < -0.3 is 4.48 Å². The molecule has 0 radical (unpaired) electrons. The number of ketones is 3. The lowest BCUT2D eigenvalue weighted by atomic mass is 10.0. The van der Waals surface area contributed by atoms with Gasteiger partial charge in [-0.1, -0.05) is 211 Å². The molecular weight excluding hydrogens is 795 g/mol. The van der Waals surface area contributed by atoms with Crippen LogP contribution in [0.3, 0.4) is 0 Å². The molecule has 380 valence electrons. The molecule has 0 unspecified atom stereocenters. The van der Waals surface area contributed by atoms with E-state index in [2.05, 4.69) is 64.3 Å². The van der Waals surface area contributed by atoms with Crippen LogP contribution in [-0.2, 0) is 14.4 Å². The van der Waals surface area contributed by atoms with Crippen molar-refractivity contribution in [3.63, 3.8) is 0 Å². The van der Waals surface area contributed by atoms with Crippen molar-refractivity contribution in [1.82, 2.24) is 0 Å². The molecule has 0 aliphatic rings. The maximum absolute atomic E-state index is 13.1. The van der Waals surface area contributed by atoms with Crippen LogP contribution in [0.15, 0.2) is 36.5 Å². The maximum atomic E-state index is 13.1. The van der Waals surface area contributed by atoms with Crippen LogP contribution in [0, 0.1) is 0 Å². The predicted molar refractivity (Wildman–Crippen MR) is 288 cm³/mol. The summed E-state index contributed by atoms with van der Waals surface area (Å²) in [5.41, 5.74) is 0. The monoisotopic (exact) mass is 909 g/mol. The highest BCUT2D eigenvalue weighted by Crippen LogP contribution is 2.17. The van der Waals surface area contributed by atoms with Gasteiger partial charge in [0, 0.05) is 19.3 Å². The van der Waals surface area contributed by atoms with Gasteiger partial charge >= 0.3 is 0 Å². The molecule has 0 spiro atoms. The van der Waals surface area contributed by atoms with E-state index >= 15 is 0 Å². The third-order valence-electron chi connectivity index (χ3n) is 13.9. The van der Waals surface area contributed by atoms with Gasteiger partial charge in [-0.25, -0.2) is 0 Å². The van der Waals surface area contributed by atoms with E-state index < -0.39 is 0 Å².